The summed E-state index contributed by atoms with van der Waals surface area (Å²) in [5, 5.41) is 0. The van der Waals surface area contributed by atoms with Crippen LogP contribution in [-0.4, -0.2) is 133 Å². The topological polar surface area (TPSA) is 113 Å². The number of unbranched alkanes of at least 4 members (excludes halogenated alkanes) is 16. The molecule has 2 N–H and O–H groups in total. The van der Waals surface area contributed by atoms with E-state index in [1.807, 2.05) is 0 Å². The molecule has 0 amide bonds. The van der Waals surface area contributed by atoms with Gasteiger partial charge in [-0.05, 0) is 19.3 Å². The number of carbonyl (C=O) groups is 4. The Kier molecular flexibility index (Phi) is 38.2. The van der Waals surface area contributed by atoms with Gasteiger partial charge >= 0.3 is 127 Å². The van der Waals surface area contributed by atoms with Gasteiger partial charge in [-0.15, -0.1) is 0 Å². The van der Waals surface area contributed by atoms with Gasteiger partial charge in [-0.1, -0.05) is 117 Å². The van der Waals surface area contributed by atoms with Crippen LogP contribution in [0.3, 0.4) is 0 Å². The first kappa shape index (κ1) is 44.0. The second-order valence-corrected chi connectivity index (χ2v) is 9.94. The molecule has 0 aromatic carbocycles. The molecule has 0 radical (unpaired) electrons. The monoisotopic (exact) mass is 591 g/mol. The van der Waals surface area contributed by atoms with E-state index in [4.69, 9.17) is 15.2 Å². The normalized spacial score (nSPS) is 11.1. The van der Waals surface area contributed by atoms with Gasteiger partial charge in [0.1, 0.15) is 6.04 Å². The molecule has 9 heteroatoms. The number of nitrogens with two attached hydrogens (primary N) is 1. The summed E-state index contributed by atoms with van der Waals surface area (Å²) in [6, 6.07) is -1.10. The number of carbonyl (C=O) groups excluding carboxylic acids is 4. The van der Waals surface area contributed by atoms with E-state index in [0.717, 1.165) is 25.7 Å². The molecular formula is C29H55K2NO6. The van der Waals surface area contributed by atoms with Crippen LogP contribution in [0, 0.1) is 0 Å². The van der Waals surface area contributed by atoms with Crippen molar-refractivity contribution in [3.8, 4) is 0 Å². The van der Waals surface area contributed by atoms with Crippen LogP contribution in [0.25, 0.3) is 0 Å². The van der Waals surface area contributed by atoms with Crippen molar-refractivity contribution in [2.75, 3.05) is 0 Å². The Labute approximate surface area is 317 Å². The number of ether oxygens (including phenoxy) is 2. The first-order valence-corrected chi connectivity index (χ1v) is 14.6. The first-order chi connectivity index (χ1) is 17.4. The molecule has 0 aliphatic rings. The van der Waals surface area contributed by atoms with E-state index in [1.165, 1.54) is 77.0 Å². The minimum absolute atomic E-state index is 0. The summed E-state index contributed by atoms with van der Waals surface area (Å²) >= 11 is 0. The summed E-state index contributed by atoms with van der Waals surface area (Å²) < 4.78 is 9.58. The molecule has 0 saturated heterocycles. The quantitative estimate of drug-likeness (QED) is 0.0655. The molecule has 0 aliphatic heterocycles. The number of hydrogen-bond acceptors (Lipinski definition) is 7. The van der Waals surface area contributed by atoms with Crippen molar-refractivity contribution in [1.82, 2.24) is 0 Å². The predicted octanol–water partition coefficient (Wildman–Crippen LogP) is 5.78. The van der Waals surface area contributed by atoms with Crippen molar-refractivity contribution in [2.45, 2.75) is 161 Å². The Morgan fingerprint density at radius 1 is 0.500 bits per heavy atom. The van der Waals surface area contributed by atoms with Crippen LogP contribution in [0.2, 0.25) is 0 Å². The summed E-state index contributed by atoms with van der Waals surface area (Å²) in [6.45, 7) is 4.40. The zero-order chi connectivity index (χ0) is 26.9. The summed E-state index contributed by atoms with van der Waals surface area (Å²) in [5.74, 6) is -2.68. The number of rotatable bonds is 24. The zero-order valence-corrected chi connectivity index (χ0v) is 23.2. The molecule has 0 saturated carbocycles. The van der Waals surface area contributed by atoms with E-state index in [2.05, 4.69) is 13.8 Å². The molecule has 0 fully saturated rings. The van der Waals surface area contributed by atoms with Crippen LogP contribution < -0.4 is 5.73 Å². The second-order valence-electron chi connectivity index (χ2n) is 9.94. The molecule has 1 atom stereocenters. The molecule has 38 heavy (non-hydrogen) atoms. The van der Waals surface area contributed by atoms with Crippen molar-refractivity contribution in [3.63, 3.8) is 0 Å². The van der Waals surface area contributed by atoms with Gasteiger partial charge in [0.25, 0.3) is 0 Å². The van der Waals surface area contributed by atoms with E-state index >= 15 is 0 Å². The van der Waals surface area contributed by atoms with E-state index in [9.17, 15) is 19.2 Å². The van der Waals surface area contributed by atoms with E-state index < -0.39 is 29.9 Å². The van der Waals surface area contributed by atoms with Crippen LogP contribution in [-0.2, 0) is 28.7 Å². The average Bonchev–Trinajstić information content (AvgIpc) is 2.85. The van der Waals surface area contributed by atoms with E-state index in [-0.39, 0.29) is 128 Å². The van der Waals surface area contributed by atoms with Crippen molar-refractivity contribution in [2.24, 2.45) is 5.73 Å². The molecule has 214 valence electrons. The van der Waals surface area contributed by atoms with Gasteiger partial charge in [-0.25, -0.2) is 4.79 Å². The fraction of sp³-hybridized carbons (Fsp3) is 0.862. The maximum atomic E-state index is 12.0. The summed E-state index contributed by atoms with van der Waals surface area (Å²) in [5.41, 5.74) is 5.73. The Morgan fingerprint density at radius 3 is 1.21 bits per heavy atom. The van der Waals surface area contributed by atoms with Crippen LogP contribution >= 0.6 is 0 Å². The van der Waals surface area contributed by atoms with E-state index in [1.54, 1.807) is 0 Å². The fourth-order valence-corrected chi connectivity index (χ4v) is 4.02. The standard InChI is InChI=1S/C29H53NO6.2K.2H/c1-3-5-7-9-11-13-15-17-19-21-26(31)35-28(33)24-23-25(30)29(34)36-27(32)22-20-18-16-14-12-10-8-6-4-2;;;;/h25H,3-24,30H2,1-2H3;;;;/t25-;;;;/m0..../s1. The molecule has 0 unspecified atom stereocenters. The molecule has 7 nitrogen and oxygen atoms in total. The van der Waals surface area contributed by atoms with Crippen LogP contribution in [0.5, 0.6) is 0 Å². The predicted molar refractivity (Wildman–Crippen MR) is 157 cm³/mol. The SMILES string of the molecule is CCCCCCCCCCCC(=O)OC(=O)CC[C@H](N)C(=O)OC(=O)CCCCCCCCCCC.[KH].[KH]. The van der Waals surface area contributed by atoms with Crippen LogP contribution in [0.1, 0.15) is 155 Å². The molecule has 0 aromatic heterocycles. The van der Waals surface area contributed by atoms with Crippen molar-refractivity contribution in [1.29, 1.82) is 0 Å². The van der Waals surface area contributed by atoms with Crippen molar-refractivity contribution >= 4 is 127 Å². The molecule has 0 bridgehead atoms. The fourth-order valence-electron chi connectivity index (χ4n) is 4.02. The minimum atomic E-state index is -1.10. The van der Waals surface area contributed by atoms with Gasteiger partial charge in [-0.2, -0.15) is 0 Å². The van der Waals surface area contributed by atoms with Gasteiger partial charge < -0.3 is 15.2 Å². The molecule has 0 spiro atoms. The third-order valence-electron chi connectivity index (χ3n) is 6.37. The molecule has 0 aromatic rings. The van der Waals surface area contributed by atoms with Gasteiger partial charge in [-0.3, -0.25) is 14.4 Å². The molecular weight excluding hydrogens is 537 g/mol. The Balaban J connectivity index is -0.00000612. The third kappa shape index (κ3) is 30.5. The van der Waals surface area contributed by atoms with Gasteiger partial charge in [0, 0.05) is 19.3 Å². The average molecular weight is 592 g/mol. The molecule has 0 rings (SSSR count). The second kappa shape index (κ2) is 33.0. The zero-order valence-electron chi connectivity index (χ0n) is 23.2. The van der Waals surface area contributed by atoms with Crippen LogP contribution in [0.15, 0.2) is 0 Å². The van der Waals surface area contributed by atoms with Crippen molar-refractivity contribution in [3.05, 3.63) is 0 Å². The van der Waals surface area contributed by atoms with Gasteiger partial charge in [0.2, 0.25) is 0 Å². The van der Waals surface area contributed by atoms with E-state index in [0.29, 0.717) is 12.8 Å². The van der Waals surface area contributed by atoms with Gasteiger partial charge in [0.15, 0.2) is 0 Å². The maximum absolute atomic E-state index is 12.0. The summed E-state index contributed by atoms with van der Waals surface area (Å²) in [6.07, 6.45) is 20.6. The third-order valence-corrected chi connectivity index (χ3v) is 6.37. The number of esters is 4. The Bertz CT molecular complexity index is 604. The van der Waals surface area contributed by atoms with Gasteiger partial charge in [0.05, 0.1) is 0 Å². The Hall–Kier alpha value is 1.51. The summed E-state index contributed by atoms with van der Waals surface area (Å²) in [7, 11) is 0. The molecule has 0 aliphatic carbocycles. The summed E-state index contributed by atoms with van der Waals surface area (Å²) in [4.78, 5) is 47.4. The van der Waals surface area contributed by atoms with Crippen molar-refractivity contribution < 1.29 is 28.7 Å². The molecule has 0 heterocycles. The number of hydrogen-bond donors (Lipinski definition) is 1. The van der Waals surface area contributed by atoms with Crippen LogP contribution in [0.4, 0.5) is 0 Å². The first-order valence-electron chi connectivity index (χ1n) is 14.6. The Morgan fingerprint density at radius 2 is 0.816 bits per heavy atom.